The first kappa shape index (κ1) is 17.8. The monoisotopic (exact) mass is 308 g/mol. The standard InChI is InChI=1S/C10H13O3S.CH4O3S/c1-12-10(11)13-8-4-6-9(7-5-8)14(2)3;1-5(2,3)4/h4-7H,1-3H3;1H3,(H,2,3,4)/q+1;/p-1. The summed E-state index contributed by atoms with van der Waals surface area (Å²) >= 11 is 0. The van der Waals surface area contributed by atoms with Crippen molar-refractivity contribution in [3.63, 3.8) is 0 Å². The molecule has 0 atom stereocenters. The number of ether oxygens (including phenoxy) is 2. The SMILES string of the molecule is COC(=O)Oc1ccc([S+](C)C)cc1.CS(=O)(=O)[O-]. The topological polar surface area (TPSA) is 92.7 Å². The molecule has 1 rings (SSSR count). The lowest BCUT2D eigenvalue weighted by molar-refractivity contribution is 0.121. The molecule has 0 N–H and O–H groups in total. The zero-order valence-electron chi connectivity index (χ0n) is 11.1. The van der Waals surface area contributed by atoms with E-state index in [1.165, 1.54) is 12.0 Å². The van der Waals surface area contributed by atoms with Gasteiger partial charge in [-0.15, -0.1) is 0 Å². The Morgan fingerprint density at radius 3 is 1.95 bits per heavy atom. The Morgan fingerprint density at radius 1 is 1.21 bits per heavy atom. The van der Waals surface area contributed by atoms with Crippen molar-refractivity contribution < 1.29 is 27.2 Å². The van der Waals surface area contributed by atoms with Gasteiger partial charge in [0.25, 0.3) is 0 Å². The van der Waals surface area contributed by atoms with Crippen molar-refractivity contribution in [3.05, 3.63) is 24.3 Å². The van der Waals surface area contributed by atoms with Crippen LogP contribution >= 0.6 is 0 Å². The summed E-state index contributed by atoms with van der Waals surface area (Å²) in [5.74, 6) is 0.506. The van der Waals surface area contributed by atoms with Gasteiger partial charge in [-0.05, 0) is 24.3 Å². The van der Waals surface area contributed by atoms with Gasteiger partial charge in [-0.3, -0.25) is 0 Å². The van der Waals surface area contributed by atoms with Gasteiger partial charge in [0.2, 0.25) is 0 Å². The predicted octanol–water partition coefficient (Wildman–Crippen LogP) is 1.23. The third-order valence-electron chi connectivity index (χ3n) is 1.66. The number of rotatable bonds is 2. The van der Waals surface area contributed by atoms with Crippen LogP contribution in [0.2, 0.25) is 0 Å². The van der Waals surface area contributed by atoms with Crippen molar-refractivity contribution in [1.29, 1.82) is 0 Å². The molecule has 0 heterocycles. The van der Waals surface area contributed by atoms with Crippen molar-refractivity contribution in [2.75, 3.05) is 25.9 Å². The summed E-state index contributed by atoms with van der Waals surface area (Å²) in [4.78, 5) is 12.0. The summed E-state index contributed by atoms with van der Waals surface area (Å²) in [6, 6.07) is 7.42. The van der Waals surface area contributed by atoms with Crippen molar-refractivity contribution in [1.82, 2.24) is 0 Å². The highest BCUT2D eigenvalue weighted by Crippen LogP contribution is 2.16. The number of methoxy groups -OCH3 is 1. The fourth-order valence-corrected chi connectivity index (χ4v) is 1.60. The van der Waals surface area contributed by atoms with Crippen LogP contribution in [0.15, 0.2) is 29.2 Å². The lowest BCUT2D eigenvalue weighted by Gasteiger charge is -2.02. The van der Waals surface area contributed by atoms with E-state index in [0.29, 0.717) is 12.0 Å². The molecule has 8 heteroatoms. The van der Waals surface area contributed by atoms with Crippen LogP contribution in [0.5, 0.6) is 5.75 Å². The molecule has 0 saturated heterocycles. The fourth-order valence-electron chi connectivity index (χ4n) is 0.918. The van der Waals surface area contributed by atoms with E-state index in [2.05, 4.69) is 17.2 Å². The molecule has 0 spiro atoms. The first-order valence-electron chi connectivity index (χ1n) is 4.97. The molecule has 1 aromatic rings. The molecule has 0 saturated carbocycles. The number of hydrogen-bond donors (Lipinski definition) is 0. The van der Waals surface area contributed by atoms with Gasteiger partial charge in [-0.1, -0.05) is 0 Å². The molecule has 0 aliphatic heterocycles. The van der Waals surface area contributed by atoms with Crippen LogP contribution in [-0.2, 0) is 25.7 Å². The molecule has 0 aliphatic carbocycles. The Morgan fingerprint density at radius 2 is 1.63 bits per heavy atom. The van der Waals surface area contributed by atoms with E-state index < -0.39 is 16.3 Å². The van der Waals surface area contributed by atoms with Gasteiger partial charge in [0.1, 0.15) is 18.3 Å². The maximum absolute atomic E-state index is 10.8. The zero-order chi connectivity index (χ0) is 15.1. The molecular weight excluding hydrogens is 292 g/mol. The van der Waals surface area contributed by atoms with E-state index in [1.807, 2.05) is 12.1 Å². The van der Waals surface area contributed by atoms with Crippen LogP contribution in [0.25, 0.3) is 0 Å². The minimum Gasteiger partial charge on any atom is -0.748 e. The molecule has 19 heavy (non-hydrogen) atoms. The second-order valence-corrected chi connectivity index (χ2v) is 7.06. The molecule has 0 unspecified atom stereocenters. The van der Waals surface area contributed by atoms with Crippen molar-refractivity contribution in [2.24, 2.45) is 0 Å². The van der Waals surface area contributed by atoms with Gasteiger partial charge in [0.15, 0.2) is 4.90 Å². The smallest absolute Gasteiger partial charge is 0.513 e. The Balaban J connectivity index is 0.000000555. The summed E-state index contributed by atoms with van der Waals surface area (Å²) in [6.07, 6.45) is 4.18. The van der Waals surface area contributed by atoms with E-state index in [1.54, 1.807) is 12.1 Å². The normalized spacial score (nSPS) is 10.4. The lowest BCUT2D eigenvalue weighted by Crippen LogP contribution is -2.07. The highest BCUT2D eigenvalue weighted by atomic mass is 32.2. The summed E-state index contributed by atoms with van der Waals surface area (Å²) in [5, 5.41) is 0. The van der Waals surface area contributed by atoms with Crippen molar-refractivity contribution >= 4 is 27.2 Å². The largest absolute Gasteiger partial charge is 0.748 e. The minimum absolute atomic E-state index is 0.227. The average molecular weight is 308 g/mol. The highest BCUT2D eigenvalue weighted by Gasteiger charge is 2.09. The van der Waals surface area contributed by atoms with Crippen LogP contribution in [0, 0.1) is 0 Å². The summed E-state index contributed by atoms with van der Waals surface area (Å²) in [5.41, 5.74) is 0. The Kier molecular flexibility index (Phi) is 7.50. The number of carbonyl (C=O) groups excluding carboxylic acids is 1. The summed E-state index contributed by atoms with van der Waals surface area (Å²) in [6.45, 7) is 0. The van der Waals surface area contributed by atoms with Crippen LogP contribution in [-0.4, -0.2) is 45.0 Å². The Bertz CT molecular complexity index is 484. The second kappa shape index (κ2) is 8.03. The lowest BCUT2D eigenvalue weighted by atomic mass is 10.3. The van der Waals surface area contributed by atoms with Crippen molar-refractivity contribution in [3.8, 4) is 5.75 Å². The third kappa shape index (κ3) is 10.4. The van der Waals surface area contributed by atoms with E-state index >= 15 is 0 Å². The van der Waals surface area contributed by atoms with Crippen LogP contribution < -0.4 is 4.74 Å². The van der Waals surface area contributed by atoms with Gasteiger partial charge >= 0.3 is 6.16 Å². The molecule has 0 amide bonds. The molecule has 0 radical (unpaired) electrons. The van der Waals surface area contributed by atoms with Gasteiger partial charge in [-0.2, -0.15) is 0 Å². The molecule has 108 valence electrons. The van der Waals surface area contributed by atoms with Gasteiger partial charge in [-0.25, -0.2) is 13.2 Å². The van der Waals surface area contributed by atoms with Gasteiger partial charge < -0.3 is 14.0 Å². The Labute approximate surface area is 115 Å². The molecular formula is C11H16O6S2. The minimum atomic E-state index is -3.92. The first-order valence-corrected chi connectivity index (χ1v) is 8.83. The third-order valence-corrected chi connectivity index (χ3v) is 2.88. The maximum atomic E-state index is 10.8. The van der Waals surface area contributed by atoms with Crippen LogP contribution in [0.1, 0.15) is 0 Å². The molecule has 0 aromatic heterocycles. The molecule has 1 aromatic carbocycles. The van der Waals surface area contributed by atoms with Gasteiger partial charge in [0, 0.05) is 17.2 Å². The number of benzene rings is 1. The van der Waals surface area contributed by atoms with E-state index in [4.69, 9.17) is 17.7 Å². The van der Waals surface area contributed by atoms with Crippen molar-refractivity contribution in [2.45, 2.75) is 4.90 Å². The fraction of sp³-hybridized carbons (Fsp3) is 0.364. The zero-order valence-corrected chi connectivity index (χ0v) is 12.7. The quantitative estimate of drug-likeness (QED) is 0.353. The average Bonchev–Trinajstić information content (AvgIpc) is 2.27. The van der Waals surface area contributed by atoms with Gasteiger partial charge in [0.05, 0.1) is 17.2 Å². The summed E-state index contributed by atoms with van der Waals surface area (Å²) in [7, 11) is -2.41. The molecule has 6 nitrogen and oxygen atoms in total. The highest BCUT2D eigenvalue weighted by molar-refractivity contribution is 7.95. The number of carbonyl (C=O) groups is 1. The summed E-state index contributed by atoms with van der Waals surface area (Å²) < 4.78 is 36.4. The van der Waals surface area contributed by atoms with E-state index in [-0.39, 0.29) is 10.9 Å². The van der Waals surface area contributed by atoms with Crippen LogP contribution in [0.4, 0.5) is 4.79 Å². The Hall–Kier alpha value is -1.25. The van der Waals surface area contributed by atoms with E-state index in [0.717, 1.165) is 0 Å². The second-order valence-electron chi connectivity index (χ2n) is 3.55. The van der Waals surface area contributed by atoms with Crippen LogP contribution in [0.3, 0.4) is 0 Å². The maximum Gasteiger partial charge on any atom is 0.513 e. The number of hydrogen-bond acceptors (Lipinski definition) is 6. The molecule has 0 fully saturated rings. The predicted molar refractivity (Wildman–Crippen MR) is 72.6 cm³/mol. The molecule has 0 aliphatic rings. The molecule has 0 bridgehead atoms. The first-order chi connectivity index (χ1) is 8.63. The van der Waals surface area contributed by atoms with E-state index in [9.17, 15) is 4.79 Å².